The smallest absolute Gasteiger partial charge is 0.237 e. The zero-order chi connectivity index (χ0) is 25.5. The predicted octanol–water partition coefficient (Wildman–Crippen LogP) is 6.13. The molecule has 0 aliphatic heterocycles. The van der Waals surface area contributed by atoms with Gasteiger partial charge in [-0.3, -0.25) is 9.69 Å². The molecule has 0 fully saturated rings. The molecule has 0 aliphatic rings. The number of nitrogens with one attached hydrogen (secondary N) is 1. The number of hydrogen-bond donors (Lipinski definition) is 1. The van der Waals surface area contributed by atoms with E-state index in [4.69, 9.17) is 0 Å². The largest absolute Gasteiger partial charge is 0.325 e. The molecule has 1 amide bonds. The lowest BCUT2D eigenvalue weighted by Gasteiger charge is -2.23. The third-order valence-corrected chi connectivity index (χ3v) is 7.24. The summed E-state index contributed by atoms with van der Waals surface area (Å²) in [6, 6.07) is 28.4. The second-order valence-electron chi connectivity index (χ2n) is 8.96. The zero-order valence-electron chi connectivity index (χ0n) is 21.3. The first kappa shape index (κ1) is 25.7. The molecule has 0 radical (unpaired) electrons. The molecule has 0 saturated carbocycles. The molecule has 36 heavy (non-hydrogen) atoms. The lowest BCUT2D eigenvalue weighted by molar-refractivity contribution is -0.115. The van der Waals surface area contributed by atoms with Gasteiger partial charge in [0.2, 0.25) is 5.91 Å². The second-order valence-corrected chi connectivity index (χ2v) is 10.3. The van der Waals surface area contributed by atoms with E-state index in [0.29, 0.717) is 6.54 Å². The highest BCUT2D eigenvalue weighted by atomic mass is 32.2. The summed E-state index contributed by atoms with van der Waals surface area (Å²) in [6.45, 7) is 4.72. The minimum atomic E-state index is -0.361. The molecule has 0 spiro atoms. The van der Waals surface area contributed by atoms with Crippen LogP contribution in [0.25, 0.3) is 11.1 Å². The highest BCUT2D eigenvalue weighted by molar-refractivity contribution is 8.00. The number of thioether (sulfide) groups is 1. The second kappa shape index (κ2) is 12.0. The molecule has 1 aromatic heterocycles. The van der Waals surface area contributed by atoms with E-state index in [1.165, 1.54) is 17.3 Å². The molecule has 7 heteroatoms. The van der Waals surface area contributed by atoms with Crippen LogP contribution < -0.4 is 5.32 Å². The van der Waals surface area contributed by atoms with Gasteiger partial charge in [-0.15, -0.1) is 10.2 Å². The number of nitrogens with zero attached hydrogens (tertiary/aromatic N) is 4. The molecule has 186 valence electrons. The monoisotopic (exact) mass is 499 g/mol. The highest BCUT2D eigenvalue weighted by Crippen LogP contribution is 2.31. The van der Waals surface area contributed by atoms with Crippen LogP contribution in [0.3, 0.4) is 0 Å². The van der Waals surface area contributed by atoms with Gasteiger partial charge >= 0.3 is 0 Å². The molecule has 1 heterocycles. The maximum Gasteiger partial charge on any atom is 0.237 e. The zero-order valence-corrected chi connectivity index (χ0v) is 22.1. The summed E-state index contributed by atoms with van der Waals surface area (Å²) < 4.78 is 2.15. The molecule has 2 unspecified atom stereocenters. The summed E-state index contributed by atoms with van der Waals surface area (Å²) in [5.41, 5.74) is 4.03. The highest BCUT2D eigenvalue weighted by Gasteiger charge is 2.25. The standard InChI is InChI=1S/C29H33N5OS/c1-5-26(33(3)4)27-31-32-29(34(27)20-22-14-8-6-9-15-22)36-21(2)28(35)30-25-19-13-12-18-24(25)23-16-10-7-11-17-23/h6-19,21,26H,5,20H2,1-4H3,(H,30,35). The molecule has 0 bridgehead atoms. The number of rotatable bonds is 10. The molecule has 3 aromatic carbocycles. The molecule has 2 atom stereocenters. The van der Waals surface area contributed by atoms with Gasteiger partial charge in [0.25, 0.3) is 0 Å². The Balaban J connectivity index is 1.57. The lowest BCUT2D eigenvalue weighted by Crippen LogP contribution is -2.25. The summed E-state index contributed by atoms with van der Waals surface area (Å²) in [5.74, 6) is 0.842. The maximum absolute atomic E-state index is 13.3. The van der Waals surface area contributed by atoms with Gasteiger partial charge in [-0.2, -0.15) is 0 Å². The van der Waals surface area contributed by atoms with Gasteiger partial charge in [0.1, 0.15) is 0 Å². The first-order valence-corrected chi connectivity index (χ1v) is 13.1. The van der Waals surface area contributed by atoms with Gasteiger partial charge < -0.3 is 9.88 Å². The normalized spacial score (nSPS) is 12.9. The fourth-order valence-corrected chi connectivity index (χ4v) is 5.09. The van der Waals surface area contributed by atoms with Crippen LogP contribution in [0.1, 0.15) is 37.7 Å². The van der Waals surface area contributed by atoms with Crippen molar-refractivity contribution in [2.45, 2.75) is 43.3 Å². The minimum absolute atomic E-state index is 0.0705. The van der Waals surface area contributed by atoms with Gasteiger partial charge in [0.05, 0.1) is 17.8 Å². The van der Waals surface area contributed by atoms with Crippen molar-refractivity contribution < 1.29 is 4.79 Å². The van der Waals surface area contributed by atoms with E-state index in [1.807, 2.05) is 79.7 Å². The van der Waals surface area contributed by atoms with E-state index in [9.17, 15) is 4.79 Å². The van der Waals surface area contributed by atoms with Gasteiger partial charge in [-0.05, 0) is 44.6 Å². The van der Waals surface area contributed by atoms with Crippen molar-refractivity contribution in [3.05, 3.63) is 96.3 Å². The van der Waals surface area contributed by atoms with Crippen molar-refractivity contribution in [3.8, 4) is 11.1 Å². The van der Waals surface area contributed by atoms with E-state index < -0.39 is 0 Å². The summed E-state index contributed by atoms with van der Waals surface area (Å²) in [4.78, 5) is 15.4. The first-order valence-electron chi connectivity index (χ1n) is 12.2. The molecule has 0 saturated heterocycles. The molecule has 6 nitrogen and oxygen atoms in total. The van der Waals surface area contributed by atoms with Crippen molar-refractivity contribution in [1.82, 2.24) is 19.7 Å². The average molecular weight is 500 g/mol. The van der Waals surface area contributed by atoms with Crippen molar-refractivity contribution in [2.75, 3.05) is 19.4 Å². The number of benzene rings is 3. The van der Waals surface area contributed by atoms with Crippen LogP contribution in [0.5, 0.6) is 0 Å². The Kier molecular flexibility index (Phi) is 8.57. The van der Waals surface area contributed by atoms with E-state index in [-0.39, 0.29) is 17.2 Å². The van der Waals surface area contributed by atoms with Crippen LogP contribution in [-0.4, -0.2) is 44.9 Å². The van der Waals surface area contributed by atoms with Crippen LogP contribution in [0.2, 0.25) is 0 Å². The third kappa shape index (κ3) is 6.04. The molecule has 4 rings (SSSR count). The maximum atomic E-state index is 13.3. The lowest BCUT2D eigenvalue weighted by atomic mass is 10.0. The van der Waals surface area contributed by atoms with Crippen molar-refractivity contribution >= 4 is 23.4 Å². The Morgan fingerprint density at radius 3 is 2.25 bits per heavy atom. The minimum Gasteiger partial charge on any atom is -0.325 e. The molecule has 4 aromatic rings. The van der Waals surface area contributed by atoms with Gasteiger partial charge in [0.15, 0.2) is 11.0 Å². The van der Waals surface area contributed by atoms with Crippen molar-refractivity contribution in [2.24, 2.45) is 0 Å². The number of carbonyl (C=O) groups is 1. The van der Waals surface area contributed by atoms with E-state index in [0.717, 1.165) is 34.2 Å². The van der Waals surface area contributed by atoms with E-state index >= 15 is 0 Å². The van der Waals surface area contributed by atoms with Crippen LogP contribution in [0.4, 0.5) is 5.69 Å². The summed E-state index contributed by atoms with van der Waals surface area (Å²) in [7, 11) is 4.12. The van der Waals surface area contributed by atoms with E-state index in [2.05, 4.69) is 58.1 Å². The Hall–Kier alpha value is -3.42. The summed E-state index contributed by atoms with van der Waals surface area (Å²) in [5, 5.41) is 12.6. The van der Waals surface area contributed by atoms with Crippen molar-refractivity contribution in [3.63, 3.8) is 0 Å². The summed E-state index contributed by atoms with van der Waals surface area (Å²) >= 11 is 1.44. The number of hydrogen-bond acceptors (Lipinski definition) is 5. The quantitative estimate of drug-likeness (QED) is 0.266. The first-order chi connectivity index (χ1) is 17.5. The Labute approximate surface area is 217 Å². The third-order valence-electron chi connectivity index (χ3n) is 6.16. The van der Waals surface area contributed by atoms with Gasteiger partial charge in [0, 0.05) is 11.3 Å². The van der Waals surface area contributed by atoms with Crippen LogP contribution in [-0.2, 0) is 11.3 Å². The molecule has 0 aliphatic carbocycles. The van der Waals surface area contributed by atoms with Gasteiger partial charge in [-0.25, -0.2) is 0 Å². The molecular weight excluding hydrogens is 466 g/mol. The van der Waals surface area contributed by atoms with Crippen LogP contribution >= 0.6 is 11.8 Å². The number of carbonyl (C=O) groups excluding carboxylic acids is 1. The number of aromatic nitrogens is 3. The van der Waals surface area contributed by atoms with Crippen LogP contribution in [0.15, 0.2) is 90.1 Å². The molecular formula is C29H33N5OS. The topological polar surface area (TPSA) is 63.1 Å². The average Bonchev–Trinajstić information content (AvgIpc) is 3.27. The van der Waals surface area contributed by atoms with Crippen LogP contribution in [0, 0.1) is 0 Å². The molecule has 1 N–H and O–H groups in total. The fraction of sp³-hybridized carbons (Fsp3) is 0.276. The Morgan fingerprint density at radius 2 is 1.58 bits per heavy atom. The predicted molar refractivity (Wildman–Crippen MR) is 148 cm³/mol. The van der Waals surface area contributed by atoms with Crippen molar-refractivity contribution in [1.29, 1.82) is 0 Å². The number of anilines is 1. The fourth-order valence-electron chi connectivity index (χ4n) is 4.23. The number of para-hydroxylation sites is 1. The van der Waals surface area contributed by atoms with E-state index in [1.54, 1.807) is 0 Å². The Bertz CT molecular complexity index is 1270. The Morgan fingerprint density at radius 1 is 0.944 bits per heavy atom. The number of amides is 1. The van der Waals surface area contributed by atoms with Gasteiger partial charge in [-0.1, -0.05) is 97.5 Å². The SMILES string of the molecule is CCC(c1nnc(SC(C)C(=O)Nc2ccccc2-c2ccccc2)n1Cc1ccccc1)N(C)C. The summed E-state index contributed by atoms with van der Waals surface area (Å²) in [6.07, 6.45) is 0.914.